The summed E-state index contributed by atoms with van der Waals surface area (Å²) in [5.74, 6) is 1.53. The van der Waals surface area contributed by atoms with E-state index < -0.39 is 0 Å². The molecular formula is C14H15BrN2O. The maximum absolute atomic E-state index is 5.86. The Hall–Kier alpha value is -1.39. The molecule has 1 unspecified atom stereocenters. The number of aromatic nitrogens is 1. The van der Waals surface area contributed by atoms with Crippen LogP contribution in [0, 0.1) is 6.92 Å². The number of hydrogen-bond donors (Lipinski definition) is 1. The second-order valence-electron chi connectivity index (χ2n) is 4.16. The minimum atomic E-state index is -0.00597. The number of nitrogens with zero attached hydrogens (tertiary/aromatic N) is 1. The number of aryl methyl sites for hydroxylation is 1. The molecule has 1 heterocycles. The van der Waals surface area contributed by atoms with Gasteiger partial charge in [-0.15, -0.1) is 0 Å². The molecule has 2 N–H and O–H groups in total. The normalized spacial score (nSPS) is 12.2. The van der Waals surface area contributed by atoms with Crippen LogP contribution >= 0.6 is 15.9 Å². The summed E-state index contributed by atoms with van der Waals surface area (Å²) in [6.07, 6.45) is 1.75. The van der Waals surface area contributed by atoms with Gasteiger partial charge in [0.25, 0.3) is 0 Å². The van der Waals surface area contributed by atoms with Crippen LogP contribution in [0.3, 0.4) is 0 Å². The predicted octanol–water partition coefficient (Wildman–Crippen LogP) is 3.96. The molecule has 0 saturated heterocycles. The van der Waals surface area contributed by atoms with E-state index in [0.29, 0.717) is 0 Å². The molecule has 0 aliphatic carbocycles. The molecule has 0 bridgehead atoms. The van der Waals surface area contributed by atoms with Gasteiger partial charge in [0.15, 0.2) is 0 Å². The van der Waals surface area contributed by atoms with Crippen molar-refractivity contribution in [3.8, 4) is 11.5 Å². The first-order valence-corrected chi connectivity index (χ1v) is 6.51. The molecule has 0 amide bonds. The second kappa shape index (κ2) is 5.50. The fraction of sp³-hybridized carbons (Fsp3) is 0.214. The van der Waals surface area contributed by atoms with E-state index in [1.165, 1.54) is 0 Å². The van der Waals surface area contributed by atoms with Crippen molar-refractivity contribution in [1.29, 1.82) is 0 Å². The Morgan fingerprint density at radius 3 is 2.72 bits per heavy atom. The zero-order valence-corrected chi connectivity index (χ0v) is 11.9. The maximum atomic E-state index is 5.86. The van der Waals surface area contributed by atoms with Gasteiger partial charge in [0.2, 0.25) is 0 Å². The number of rotatable bonds is 3. The van der Waals surface area contributed by atoms with E-state index in [0.717, 1.165) is 27.2 Å². The third-order valence-electron chi connectivity index (χ3n) is 2.65. The summed E-state index contributed by atoms with van der Waals surface area (Å²) in [7, 11) is 0. The van der Waals surface area contributed by atoms with E-state index in [9.17, 15) is 0 Å². The van der Waals surface area contributed by atoms with Crippen molar-refractivity contribution in [3.63, 3.8) is 0 Å². The van der Waals surface area contributed by atoms with Crippen molar-refractivity contribution in [2.45, 2.75) is 19.9 Å². The molecule has 4 heteroatoms. The lowest BCUT2D eigenvalue weighted by atomic mass is 10.1. The number of ether oxygens (including phenoxy) is 1. The van der Waals surface area contributed by atoms with Gasteiger partial charge < -0.3 is 10.5 Å². The van der Waals surface area contributed by atoms with E-state index >= 15 is 0 Å². The molecule has 3 nitrogen and oxygen atoms in total. The monoisotopic (exact) mass is 306 g/mol. The molecule has 1 aromatic carbocycles. The molecule has 0 aliphatic rings. The molecule has 0 fully saturated rings. The smallest absolute Gasteiger partial charge is 0.148 e. The molecule has 2 rings (SSSR count). The average molecular weight is 307 g/mol. The van der Waals surface area contributed by atoms with Gasteiger partial charge in [-0.05, 0) is 43.7 Å². The highest BCUT2D eigenvalue weighted by Gasteiger charge is 2.07. The fourth-order valence-electron chi connectivity index (χ4n) is 1.64. The third-order valence-corrected chi connectivity index (χ3v) is 3.34. The number of pyridine rings is 1. The summed E-state index contributed by atoms with van der Waals surface area (Å²) in [6, 6.07) is 9.55. The van der Waals surface area contributed by atoms with E-state index in [1.54, 1.807) is 6.20 Å². The van der Waals surface area contributed by atoms with Crippen molar-refractivity contribution >= 4 is 15.9 Å². The van der Waals surface area contributed by atoms with E-state index in [2.05, 4.69) is 20.9 Å². The summed E-state index contributed by atoms with van der Waals surface area (Å²) >= 11 is 3.50. The number of nitrogens with two attached hydrogens (primary N) is 1. The van der Waals surface area contributed by atoms with Gasteiger partial charge in [-0.25, -0.2) is 0 Å². The molecular weight excluding hydrogens is 292 g/mol. The standard InChI is InChI=1S/C14H15BrN2O/c1-9(16)12-6-5-11(8-13(12)15)18-14-4-3-7-17-10(14)2/h3-9H,16H2,1-2H3. The van der Waals surface area contributed by atoms with Crippen LogP contribution in [-0.2, 0) is 0 Å². The highest BCUT2D eigenvalue weighted by molar-refractivity contribution is 9.10. The summed E-state index contributed by atoms with van der Waals surface area (Å²) in [5, 5.41) is 0. The fourth-order valence-corrected chi connectivity index (χ4v) is 2.36. The van der Waals surface area contributed by atoms with Crippen LogP contribution in [-0.4, -0.2) is 4.98 Å². The Morgan fingerprint density at radius 1 is 1.33 bits per heavy atom. The molecule has 18 heavy (non-hydrogen) atoms. The zero-order chi connectivity index (χ0) is 13.1. The van der Waals surface area contributed by atoms with Crippen LogP contribution in [0.1, 0.15) is 24.2 Å². The zero-order valence-electron chi connectivity index (χ0n) is 10.4. The van der Waals surface area contributed by atoms with Crippen LogP contribution in [0.4, 0.5) is 0 Å². The topological polar surface area (TPSA) is 48.1 Å². The van der Waals surface area contributed by atoms with Crippen LogP contribution in [0.15, 0.2) is 41.0 Å². The molecule has 94 valence electrons. The maximum Gasteiger partial charge on any atom is 0.148 e. The molecule has 1 atom stereocenters. The first-order chi connectivity index (χ1) is 8.58. The number of halogens is 1. The molecule has 0 radical (unpaired) electrons. The van der Waals surface area contributed by atoms with Gasteiger partial charge in [0, 0.05) is 16.7 Å². The minimum absolute atomic E-state index is 0.00597. The van der Waals surface area contributed by atoms with Gasteiger partial charge in [-0.1, -0.05) is 22.0 Å². The minimum Gasteiger partial charge on any atom is -0.455 e. The van der Waals surface area contributed by atoms with Crippen LogP contribution in [0.25, 0.3) is 0 Å². The Labute approximate surface area is 115 Å². The highest BCUT2D eigenvalue weighted by Crippen LogP contribution is 2.30. The van der Waals surface area contributed by atoms with Crippen LogP contribution in [0.2, 0.25) is 0 Å². The van der Waals surface area contributed by atoms with Crippen LogP contribution < -0.4 is 10.5 Å². The predicted molar refractivity (Wildman–Crippen MR) is 75.8 cm³/mol. The molecule has 0 aliphatic heterocycles. The number of benzene rings is 1. The summed E-state index contributed by atoms with van der Waals surface area (Å²) < 4.78 is 6.75. The van der Waals surface area contributed by atoms with E-state index in [1.807, 2.05) is 44.2 Å². The lowest BCUT2D eigenvalue weighted by Gasteiger charge is -2.12. The Balaban J connectivity index is 2.26. The summed E-state index contributed by atoms with van der Waals surface area (Å²) in [4.78, 5) is 4.19. The SMILES string of the molecule is Cc1ncccc1Oc1ccc(C(C)N)c(Br)c1. The quantitative estimate of drug-likeness (QED) is 0.933. The highest BCUT2D eigenvalue weighted by atomic mass is 79.9. The van der Waals surface area contributed by atoms with Gasteiger partial charge in [-0.3, -0.25) is 4.98 Å². The summed E-state index contributed by atoms with van der Waals surface area (Å²) in [5.41, 5.74) is 7.79. The Bertz CT molecular complexity index is 555. The van der Waals surface area contributed by atoms with Crippen LogP contribution in [0.5, 0.6) is 11.5 Å². The lowest BCUT2D eigenvalue weighted by molar-refractivity contribution is 0.475. The Morgan fingerprint density at radius 2 is 2.11 bits per heavy atom. The Kier molecular flexibility index (Phi) is 3.99. The van der Waals surface area contributed by atoms with Gasteiger partial charge in [-0.2, -0.15) is 0 Å². The van der Waals surface area contributed by atoms with Crippen molar-refractivity contribution in [2.24, 2.45) is 5.73 Å². The van der Waals surface area contributed by atoms with Crippen molar-refractivity contribution in [2.75, 3.05) is 0 Å². The van der Waals surface area contributed by atoms with Crippen molar-refractivity contribution < 1.29 is 4.74 Å². The molecule has 0 spiro atoms. The largest absolute Gasteiger partial charge is 0.455 e. The average Bonchev–Trinajstić information content (AvgIpc) is 2.32. The molecule has 0 saturated carbocycles. The van der Waals surface area contributed by atoms with Crippen molar-refractivity contribution in [1.82, 2.24) is 4.98 Å². The van der Waals surface area contributed by atoms with Gasteiger partial charge in [0.05, 0.1) is 5.69 Å². The van der Waals surface area contributed by atoms with E-state index in [-0.39, 0.29) is 6.04 Å². The summed E-state index contributed by atoms with van der Waals surface area (Å²) in [6.45, 7) is 3.87. The van der Waals surface area contributed by atoms with Crippen molar-refractivity contribution in [3.05, 3.63) is 52.3 Å². The number of hydrogen-bond acceptors (Lipinski definition) is 3. The lowest BCUT2D eigenvalue weighted by Crippen LogP contribution is -2.05. The first kappa shape index (κ1) is 13.1. The third kappa shape index (κ3) is 2.89. The van der Waals surface area contributed by atoms with E-state index in [4.69, 9.17) is 10.5 Å². The first-order valence-electron chi connectivity index (χ1n) is 5.72. The second-order valence-corrected chi connectivity index (χ2v) is 5.02. The molecule has 1 aromatic heterocycles. The molecule has 2 aromatic rings. The van der Waals surface area contributed by atoms with Gasteiger partial charge in [0.1, 0.15) is 11.5 Å². The van der Waals surface area contributed by atoms with Gasteiger partial charge >= 0.3 is 0 Å².